The van der Waals surface area contributed by atoms with Gasteiger partial charge in [0.2, 0.25) is 5.91 Å². The number of amides is 1. The van der Waals surface area contributed by atoms with E-state index in [0.29, 0.717) is 44.9 Å². The van der Waals surface area contributed by atoms with Crippen LogP contribution in [0.15, 0.2) is 48.0 Å². The summed E-state index contributed by atoms with van der Waals surface area (Å²) in [6.07, 6.45) is 4.13. The molecule has 2 aromatic heterocycles. The molecule has 6 nitrogen and oxygen atoms in total. The van der Waals surface area contributed by atoms with Gasteiger partial charge in [-0.15, -0.1) is 11.3 Å². The first kappa shape index (κ1) is 22.6. The van der Waals surface area contributed by atoms with Crippen molar-refractivity contribution in [3.8, 4) is 5.75 Å². The largest absolute Gasteiger partial charge is 0.496 e. The molecule has 0 spiro atoms. The summed E-state index contributed by atoms with van der Waals surface area (Å²) in [4.78, 5) is 36.8. The Labute approximate surface area is 206 Å². The first-order chi connectivity index (χ1) is 16.5. The second-order valence-electron chi connectivity index (χ2n) is 8.54. The van der Waals surface area contributed by atoms with Crippen LogP contribution in [0, 0.1) is 12.8 Å². The van der Waals surface area contributed by atoms with Crippen molar-refractivity contribution in [2.24, 2.45) is 5.92 Å². The highest BCUT2D eigenvalue weighted by atomic mass is 35.5. The predicted molar refractivity (Wildman–Crippen MR) is 135 cm³/mol. The maximum Gasteiger partial charge on any atom is 0.233 e. The van der Waals surface area contributed by atoms with Gasteiger partial charge in [0.1, 0.15) is 5.75 Å². The number of rotatable bonds is 8. The lowest BCUT2D eigenvalue weighted by Crippen LogP contribution is -2.34. The average Bonchev–Trinajstić information content (AvgIpc) is 3.39. The summed E-state index contributed by atoms with van der Waals surface area (Å²) >= 11 is 7.82. The number of benzene rings is 2. The lowest BCUT2D eigenvalue weighted by Gasteiger charge is -2.20. The number of anilines is 1. The van der Waals surface area contributed by atoms with Crippen LogP contribution in [-0.4, -0.2) is 35.3 Å². The standard InChI is InChI=1S/C26H24ClN3O3S/c1-15-18(13-22(31)30(14-16-7-8-16)26-28-11-12-34-26)23-20(29-15)9-10-21(33-2)24(23)25(32)17-5-3-4-6-19(17)27/h3-6,9-12,16,29H,7-8,13-14H2,1-2H3. The summed E-state index contributed by atoms with van der Waals surface area (Å²) < 4.78 is 5.59. The van der Waals surface area contributed by atoms with Gasteiger partial charge >= 0.3 is 0 Å². The molecule has 2 heterocycles. The van der Waals surface area contributed by atoms with Crippen LogP contribution in [0.5, 0.6) is 5.75 Å². The topological polar surface area (TPSA) is 75.3 Å². The van der Waals surface area contributed by atoms with Crippen LogP contribution >= 0.6 is 22.9 Å². The molecule has 8 heteroatoms. The highest BCUT2D eigenvalue weighted by Gasteiger charge is 2.31. The lowest BCUT2D eigenvalue weighted by molar-refractivity contribution is -0.118. The first-order valence-corrected chi connectivity index (χ1v) is 12.4. The van der Waals surface area contributed by atoms with Gasteiger partial charge in [-0.25, -0.2) is 4.98 Å². The summed E-state index contributed by atoms with van der Waals surface area (Å²) in [6.45, 7) is 2.59. The molecule has 2 aromatic carbocycles. The number of hydrogen-bond donors (Lipinski definition) is 1. The van der Waals surface area contributed by atoms with Crippen LogP contribution in [0.1, 0.15) is 40.0 Å². The van der Waals surface area contributed by atoms with Crippen LogP contribution < -0.4 is 9.64 Å². The summed E-state index contributed by atoms with van der Waals surface area (Å²) in [5.74, 6) is 0.689. The second kappa shape index (κ2) is 9.24. The number of methoxy groups -OCH3 is 1. The van der Waals surface area contributed by atoms with Crippen LogP contribution in [0.2, 0.25) is 5.02 Å². The van der Waals surface area contributed by atoms with E-state index in [4.69, 9.17) is 16.3 Å². The molecule has 1 fully saturated rings. The Morgan fingerprint density at radius 2 is 2.03 bits per heavy atom. The van der Waals surface area contributed by atoms with Gasteiger partial charge < -0.3 is 9.72 Å². The minimum atomic E-state index is -0.240. The summed E-state index contributed by atoms with van der Waals surface area (Å²) in [6, 6.07) is 10.6. The van der Waals surface area contributed by atoms with E-state index in [1.807, 2.05) is 18.4 Å². The molecular weight excluding hydrogens is 470 g/mol. The average molecular weight is 494 g/mol. The molecule has 0 aliphatic heterocycles. The minimum absolute atomic E-state index is 0.0372. The number of aromatic amines is 1. The number of ether oxygens (including phenoxy) is 1. The van der Waals surface area contributed by atoms with Gasteiger partial charge in [0.25, 0.3) is 0 Å². The molecule has 1 amide bonds. The number of thiazole rings is 1. The Kier molecular flexibility index (Phi) is 6.15. The first-order valence-electron chi connectivity index (χ1n) is 11.1. The molecule has 0 radical (unpaired) electrons. The normalized spacial score (nSPS) is 13.3. The van der Waals surface area contributed by atoms with E-state index in [0.717, 1.165) is 29.6 Å². The molecule has 1 saturated carbocycles. The fraction of sp³-hybridized carbons (Fsp3) is 0.269. The maximum atomic E-state index is 13.7. The van der Waals surface area contributed by atoms with Crippen molar-refractivity contribution in [3.05, 3.63) is 75.4 Å². The zero-order chi connectivity index (χ0) is 23.8. The molecule has 4 aromatic rings. The number of aromatic nitrogens is 2. The van der Waals surface area contributed by atoms with Crippen molar-refractivity contribution < 1.29 is 14.3 Å². The van der Waals surface area contributed by atoms with Gasteiger partial charge in [0.05, 0.1) is 24.1 Å². The van der Waals surface area contributed by atoms with Crippen LogP contribution in [0.3, 0.4) is 0 Å². The number of hydrogen-bond acceptors (Lipinski definition) is 5. The van der Waals surface area contributed by atoms with Crippen molar-refractivity contribution in [2.75, 3.05) is 18.6 Å². The molecule has 1 aliphatic rings. The fourth-order valence-corrected chi connectivity index (χ4v) is 5.19. The third-order valence-electron chi connectivity index (χ3n) is 6.23. The van der Waals surface area contributed by atoms with Crippen LogP contribution in [-0.2, 0) is 11.2 Å². The van der Waals surface area contributed by atoms with Crippen LogP contribution in [0.4, 0.5) is 5.13 Å². The van der Waals surface area contributed by atoms with Gasteiger partial charge in [-0.2, -0.15) is 0 Å². The highest BCUT2D eigenvalue weighted by Crippen LogP contribution is 2.37. The van der Waals surface area contributed by atoms with E-state index < -0.39 is 0 Å². The Balaban J connectivity index is 1.60. The van der Waals surface area contributed by atoms with E-state index >= 15 is 0 Å². The van der Waals surface area contributed by atoms with E-state index in [9.17, 15) is 9.59 Å². The number of carbonyl (C=O) groups is 2. The molecule has 1 N–H and O–H groups in total. The van der Waals surface area contributed by atoms with E-state index in [1.165, 1.54) is 18.4 Å². The molecule has 0 atom stereocenters. The van der Waals surface area contributed by atoms with E-state index in [2.05, 4.69) is 9.97 Å². The molecule has 174 valence electrons. The number of carbonyl (C=O) groups excluding carboxylic acids is 2. The summed E-state index contributed by atoms with van der Waals surface area (Å²) in [7, 11) is 1.54. The van der Waals surface area contributed by atoms with Gasteiger partial charge in [-0.1, -0.05) is 23.7 Å². The molecule has 0 saturated heterocycles. The monoisotopic (exact) mass is 493 g/mol. The van der Waals surface area contributed by atoms with Crippen LogP contribution in [0.25, 0.3) is 10.9 Å². The quantitative estimate of drug-likeness (QED) is 0.314. The van der Waals surface area contributed by atoms with Crippen molar-refractivity contribution in [2.45, 2.75) is 26.2 Å². The molecule has 0 bridgehead atoms. The number of nitrogens with one attached hydrogen (secondary N) is 1. The second-order valence-corrected chi connectivity index (χ2v) is 9.82. The maximum absolute atomic E-state index is 13.7. The smallest absolute Gasteiger partial charge is 0.233 e. The zero-order valence-corrected chi connectivity index (χ0v) is 20.5. The van der Waals surface area contributed by atoms with Crippen molar-refractivity contribution in [1.82, 2.24) is 9.97 Å². The third-order valence-corrected chi connectivity index (χ3v) is 7.35. The number of fused-ring (bicyclic) bond motifs is 1. The summed E-state index contributed by atoms with van der Waals surface area (Å²) in [5.41, 5.74) is 3.20. The summed E-state index contributed by atoms with van der Waals surface area (Å²) in [5, 5.41) is 3.65. The number of halogens is 1. The third kappa shape index (κ3) is 4.21. The lowest BCUT2D eigenvalue weighted by atomic mass is 9.95. The molecular formula is C26H24ClN3O3S. The number of nitrogens with zero attached hydrogens (tertiary/aromatic N) is 2. The highest BCUT2D eigenvalue weighted by molar-refractivity contribution is 7.13. The fourth-order valence-electron chi connectivity index (χ4n) is 4.30. The van der Waals surface area contributed by atoms with Gasteiger partial charge in [-0.05, 0) is 55.5 Å². The number of H-pyrrole nitrogens is 1. The number of aryl methyl sites for hydroxylation is 1. The Hall–Kier alpha value is -3.16. The van der Waals surface area contributed by atoms with E-state index in [1.54, 1.807) is 41.4 Å². The molecule has 1 aliphatic carbocycles. The Morgan fingerprint density at radius 3 is 2.71 bits per heavy atom. The minimum Gasteiger partial charge on any atom is -0.496 e. The SMILES string of the molecule is COc1ccc2[nH]c(C)c(CC(=O)N(CC3CC3)c3nccs3)c2c1C(=O)c1ccccc1Cl. The molecule has 5 rings (SSSR count). The van der Waals surface area contributed by atoms with Crippen molar-refractivity contribution >= 4 is 50.7 Å². The predicted octanol–water partition coefficient (Wildman–Crippen LogP) is 5.81. The zero-order valence-electron chi connectivity index (χ0n) is 18.9. The van der Waals surface area contributed by atoms with Gasteiger partial charge in [0.15, 0.2) is 10.9 Å². The molecule has 34 heavy (non-hydrogen) atoms. The van der Waals surface area contributed by atoms with Crippen molar-refractivity contribution in [3.63, 3.8) is 0 Å². The number of ketones is 1. The van der Waals surface area contributed by atoms with Gasteiger partial charge in [0, 0.05) is 40.3 Å². The molecule has 0 unspecified atom stereocenters. The van der Waals surface area contributed by atoms with E-state index in [-0.39, 0.29) is 18.1 Å². The Bertz CT molecular complexity index is 1380. The Morgan fingerprint density at radius 1 is 1.24 bits per heavy atom. The van der Waals surface area contributed by atoms with Crippen molar-refractivity contribution in [1.29, 1.82) is 0 Å². The van der Waals surface area contributed by atoms with Gasteiger partial charge in [-0.3, -0.25) is 14.5 Å².